The van der Waals surface area contributed by atoms with Gasteiger partial charge < -0.3 is 5.32 Å². The van der Waals surface area contributed by atoms with Crippen LogP contribution in [0.3, 0.4) is 0 Å². The Morgan fingerprint density at radius 1 is 1.47 bits per heavy atom. The van der Waals surface area contributed by atoms with Crippen LogP contribution in [0.5, 0.6) is 0 Å². The molecule has 0 radical (unpaired) electrons. The second-order valence-electron chi connectivity index (χ2n) is 2.79. The lowest BCUT2D eigenvalue weighted by Gasteiger charge is -1.99. The molecule has 8 heteroatoms. The number of H-pyrrole nitrogens is 2. The highest BCUT2D eigenvalue weighted by molar-refractivity contribution is 5.91. The summed E-state index contributed by atoms with van der Waals surface area (Å²) in [6.45, 7) is 0.473. The second-order valence-corrected chi connectivity index (χ2v) is 2.79. The van der Waals surface area contributed by atoms with Crippen molar-refractivity contribution in [3.63, 3.8) is 0 Å². The summed E-state index contributed by atoms with van der Waals surface area (Å²) in [5.74, 6) is 0.471. The number of aromatic amines is 2. The lowest BCUT2D eigenvalue weighted by Crippen LogP contribution is -2.26. The molecule has 0 atom stereocenters. The zero-order valence-electron chi connectivity index (χ0n) is 7.77. The minimum Gasteiger partial charge on any atom is -0.350 e. The Morgan fingerprint density at radius 3 is 3.07 bits per heavy atom. The van der Waals surface area contributed by atoms with E-state index >= 15 is 0 Å². The Morgan fingerprint density at radius 2 is 2.40 bits per heavy atom. The number of aromatic nitrogens is 6. The predicted octanol–water partition coefficient (Wildman–Crippen LogP) is -1.10. The molecule has 0 unspecified atom stereocenters. The van der Waals surface area contributed by atoms with Gasteiger partial charge in [0.25, 0.3) is 5.91 Å². The number of carbonyl (C=O) groups is 1. The van der Waals surface area contributed by atoms with Gasteiger partial charge in [0.05, 0.1) is 6.20 Å². The van der Waals surface area contributed by atoms with E-state index in [1.807, 2.05) is 0 Å². The van der Waals surface area contributed by atoms with Gasteiger partial charge >= 0.3 is 0 Å². The summed E-state index contributed by atoms with van der Waals surface area (Å²) in [4.78, 5) is 15.3. The monoisotopic (exact) mass is 207 g/mol. The molecule has 3 N–H and O–H groups in total. The molecule has 0 spiro atoms. The lowest BCUT2D eigenvalue weighted by atomic mass is 10.4. The van der Waals surface area contributed by atoms with E-state index in [-0.39, 0.29) is 11.6 Å². The fraction of sp³-hybridized carbons (Fsp3) is 0.286. The lowest BCUT2D eigenvalue weighted by molar-refractivity contribution is 0.0949. The molecule has 8 nitrogen and oxygen atoms in total. The molecule has 0 saturated heterocycles. The minimum absolute atomic E-state index is 0.261. The van der Waals surface area contributed by atoms with Crippen LogP contribution in [0.15, 0.2) is 12.5 Å². The molecule has 0 aromatic carbocycles. The van der Waals surface area contributed by atoms with Gasteiger partial charge in [0, 0.05) is 13.0 Å². The predicted molar refractivity (Wildman–Crippen MR) is 48.8 cm³/mol. The molecule has 2 heterocycles. The zero-order chi connectivity index (χ0) is 10.5. The summed E-state index contributed by atoms with van der Waals surface area (Å²) in [5, 5.41) is 18.6. The maximum Gasteiger partial charge on any atom is 0.273 e. The van der Waals surface area contributed by atoms with Gasteiger partial charge in [-0.25, -0.2) is 4.98 Å². The van der Waals surface area contributed by atoms with Gasteiger partial charge in [0.15, 0.2) is 5.69 Å². The van der Waals surface area contributed by atoms with Crippen molar-refractivity contribution >= 4 is 5.91 Å². The van der Waals surface area contributed by atoms with E-state index in [2.05, 4.69) is 35.9 Å². The highest BCUT2D eigenvalue weighted by Gasteiger charge is 2.07. The average molecular weight is 207 g/mol. The maximum atomic E-state index is 11.4. The van der Waals surface area contributed by atoms with Crippen LogP contribution >= 0.6 is 0 Å². The first-order valence-electron chi connectivity index (χ1n) is 4.34. The molecule has 0 aliphatic carbocycles. The first-order chi connectivity index (χ1) is 7.36. The number of hydrogen-bond donors (Lipinski definition) is 3. The van der Waals surface area contributed by atoms with Crippen LogP contribution in [0, 0.1) is 0 Å². The third-order valence-electron chi connectivity index (χ3n) is 1.76. The number of rotatable bonds is 4. The first kappa shape index (κ1) is 9.31. The van der Waals surface area contributed by atoms with E-state index in [1.165, 1.54) is 12.5 Å². The Balaban J connectivity index is 1.77. The minimum atomic E-state index is -0.261. The van der Waals surface area contributed by atoms with E-state index in [4.69, 9.17) is 0 Å². The molecular weight excluding hydrogens is 198 g/mol. The van der Waals surface area contributed by atoms with Crippen LogP contribution in [-0.2, 0) is 6.42 Å². The molecular formula is C7H9N7O. The smallest absolute Gasteiger partial charge is 0.273 e. The van der Waals surface area contributed by atoms with Crippen LogP contribution in [0.25, 0.3) is 0 Å². The highest BCUT2D eigenvalue weighted by atomic mass is 16.1. The largest absolute Gasteiger partial charge is 0.350 e. The third-order valence-corrected chi connectivity index (χ3v) is 1.76. The topological polar surface area (TPSA) is 112 Å². The van der Waals surface area contributed by atoms with Crippen molar-refractivity contribution < 1.29 is 4.79 Å². The molecule has 1 amide bonds. The number of amides is 1. The van der Waals surface area contributed by atoms with E-state index in [0.29, 0.717) is 13.0 Å². The molecule has 15 heavy (non-hydrogen) atoms. The summed E-state index contributed by atoms with van der Waals surface area (Å²) >= 11 is 0. The molecule has 0 saturated carbocycles. The molecule has 0 fully saturated rings. The summed E-state index contributed by atoms with van der Waals surface area (Å²) < 4.78 is 0. The van der Waals surface area contributed by atoms with Crippen molar-refractivity contribution in [3.8, 4) is 0 Å². The summed E-state index contributed by atoms with van der Waals surface area (Å²) in [7, 11) is 0. The molecule has 2 rings (SSSR count). The molecule has 2 aromatic rings. The van der Waals surface area contributed by atoms with Crippen molar-refractivity contribution in [1.82, 2.24) is 35.9 Å². The van der Waals surface area contributed by atoms with Gasteiger partial charge in [-0.2, -0.15) is 20.5 Å². The molecule has 78 valence electrons. The normalized spacial score (nSPS) is 10.1. The Kier molecular flexibility index (Phi) is 2.68. The number of nitrogens with zero attached hydrogens (tertiary/aromatic N) is 4. The average Bonchev–Trinajstić information content (AvgIpc) is 2.90. The zero-order valence-corrected chi connectivity index (χ0v) is 7.77. The molecule has 2 aromatic heterocycles. The number of nitrogens with one attached hydrogen (secondary N) is 3. The van der Waals surface area contributed by atoms with Gasteiger partial charge in [-0.15, -0.1) is 0 Å². The number of hydrogen-bond acceptors (Lipinski definition) is 5. The van der Waals surface area contributed by atoms with E-state index in [0.717, 1.165) is 5.82 Å². The third kappa shape index (κ3) is 2.36. The van der Waals surface area contributed by atoms with E-state index in [9.17, 15) is 4.79 Å². The summed E-state index contributed by atoms with van der Waals surface area (Å²) in [5.41, 5.74) is 0.271. The van der Waals surface area contributed by atoms with Crippen molar-refractivity contribution in [2.45, 2.75) is 6.42 Å². The quantitative estimate of drug-likeness (QED) is 0.588. The van der Waals surface area contributed by atoms with Crippen LogP contribution in [0.2, 0.25) is 0 Å². The van der Waals surface area contributed by atoms with Crippen molar-refractivity contribution in [1.29, 1.82) is 0 Å². The van der Waals surface area contributed by atoms with Crippen LogP contribution < -0.4 is 5.32 Å². The van der Waals surface area contributed by atoms with Gasteiger partial charge in [-0.1, -0.05) is 0 Å². The Bertz CT molecular complexity index is 406. The van der Waals surface area contributed by atoms with Gasteiger partial charge in [0.2, 0.25) is 0 Å². The van der Waals surface area contributed by atoms with Crippen molar-refractivity contribution in [2.75, 3.05) is 6.54 Å². The first-order valence-corrected chi connectivity index (χ1v) is 4.34. The van der Waals surface area contributed by atoms with Crippen LogP contribution in [0.1, 0.15) is 16.3 Å². The Labute approximate surface area is 84.5 Å². The van der Waals surface area contributed by atoms with Gasteiger partial charge in [-0.3, -0.25) is 9.89 Å². The maximum absolute atomic E-state index is 11.4. The standard InChI is InChI=1S/C7H9N7O/c15-7(5-3-10-14-12-5)8-2-1-6-9-4-11-13-6/h3-4H,1-2H2,(H,8,15)(H,9,11,13)(H,10,12,14). The molecule has 0 aliphatic rings. The SMILES string of the molecule is O=C(NCCc1ncn[nH]1)c1cn[nH]n1. The van der Waals surface area contributed by atoms with E-state index in [1.54, 1.807) is 0 Å². The fourth-order valence-corrected chi connectivity index (χ4v) is 1.05. The van der Waals surface area contributed by atoms with Crippen molar-refractivity contribution in [3.05, 3.63) is 24.0 Å². The van der Waals surface area contributed by atoms with E-state index < -0.39 is 0 Å². The Hall–Kier alpha value is -2.25. The number of carbonyl (C=O) groups excluding carboxylic acids is 1. The van der Waals surface area contributed by atoms with Gasteiger partial charge in [0.1, 0.15) is 12.2 Å². The highest BCUT2D eigenvalue weighted by Crippen LogP contribution is 1.89. The second kappa shape index (κ2) is 4.31. The molecule has 0 bridgehead atoms. The van der Waals surface area contributed by atoms with Gasteiger partial charge in [-0.05, 0) is 0 Å². The van der Waals surface area contributed by atoms with Crippen LogP contribution in [0.4, 0.5) is 0 Å². The fourth-order valence-electron chi connectivity index (χ4n) is 1.05. The molecule has 0 aliphatic heterocycles. The van der Waals surface area contributed by atoms with Crippen LogP contribution in [-0.4, -0.2) is 43.0 Å². The summed E-state index contributed by atoms with van der Waals surface area (Å²) in [6, 6.07) is 0. The van der Waals surface area contributed by atoms with Crippen molar-refractivity contribution in [2.24, 2.45) is 0 Å². The summed E-state index contributed by atoms with van der Waals surface area (Å²) in [6.07, 6.45) is 3.39.